The Hall–Kier alpha value is -4.26. The molecule has 7 rings (SSSR count). The highest BCUT2D eigenvalue weighted by atomic mass is 35.5. The molecular weight excluding hydrogens is 933 g/mol. The van der Waals surface area contributed by atoms with Crippen LogP contribution in [-0.2, 0) is 30.8 Å². The quantitative estimate of drug-likeness (QED) is 0.0643. The summed E-state index contributed by atoms with van der Waals surface area (Å²) in [6.45, 7) is 3.06. The molecule has 10 nitrogen and oxygen atoms in total. The smallest absolute Gasteiger partial charge is 0.394 e. The molecule has 0 amide bonds. The second-order valence-electron chi connectivity index (χ2n) is 16.8. The number of benzene rings is 5. The van der Waals surface area contributed by atoms with E-state index in [0.717, 1.165) is 39.4 Å². The molecule has 0 aliphatic carbocycles. The highest BCUT2D eigenvalue weighted by molar-refractivity contribution is 7.99. The van der Waals surface area contributed by atoms with Crippen LogP contribution in [0.4, 0.5) is 18.9 Å². The molecule has 0 bridgehead atoms. The van der Waals surface area contributed by atoms with Gasteiger partial charge in [-0.3, -0.25) is 9.69 Å². The summed E-state index contributed by atoms with van der Waals surface area (Å²) in [4.78, 5) is 16.7. The van der Waals surface area contributed by atoms with Crippen LogP contribution in [-0.4, -0.2) is 107 Å². The standard InChI is InChI=1S/C49H52ClF3N2O8S3/c50-39-15-10-35(11-16-39)44-8-4-5-9-45(44)48(58)37-21-24-55(25-22-37)40-17-12-36(13-18-40)46(57)33-65(59,60)43-19-14-38(47(29-43)66(61,62)49(51,52)53)28-34(32-64-42-6-2-1-3-7-42)20-23-54-26-27-63-41(30-54)31-56/h1-19,29,34,37,41,48,56,58H,20-28,30-33H2/t34-,41+,48+/m0/s1. The zero-order valence-corrected chi connectivity index (χ0v) is 39.2. The second-order valence-corrected chi connectivity index (χ2v) is 22.2. The summed E-state index contributed by atoms with van der Waals surface area (Å²) >= 11 is 7.58. The maximum absolute atomic E-state index is 14.2. The number of hydrogen-bond donors (Lipinski definition) is 2. The van der Waals surface area contributed by atoms with Gasteiger partial charge in [0.2, 0.25) is 0 Å². The predicted octanol–water partition coefficient (Wildman–Crippen LogP) is 8.94. The zero-order valence-electron chi connectivity index (χ0n) is 36.0. The second kappa shape index (κ2) is 21.8. The maximum Gasteiger partial charge on any atom is 0.501 e. The lowest BCUT2D eigenvalue weighted by Gasteiger charge is -2.36. The summed E-state index contributed by atoms with van der Waals surface area (Å²) in [5.41, 5.74) is -2.32. The number of aliphatic hydroxyl groups is 2. The van der Waals surface area contributed by atoms with Crippen LogP contribution in [0.25, 0.3) is 11.1 Å². The lowest BCUT2D eigenvalue weighted by molar-refractivity contribution is -0.0535. The first kappa shape index (κ1) is 49.6. The van der Waals surface area contributed by atoms with Crippen LogP contribution in [0.3, 0.4) is 0 Å². The number of nitrogens with zero attached hydrogens (tertiary/aromatic N) is 2. The van der Waals surface area contributed by atoms with Crippen molar-refractivity contribution in [3.63, 3.8) is 0 Å². The molecule has 0 aromatic heterocycles. The maximum atomic E-state index is 14.2. The molecule has 2 heterocycles. The van der Waals surface area contributed by atoms with Gasteiger partial charge in [0.15, 0.2) is 15.6 Å². The van der Waals surface area contributed by atoms with Crippen molar-refractivity contribution < 1.29 is 49.8 Å². The number of carbonyl (C=O) groups excluding carboxylic acids is 1. The highest BCUT2D eigenvalue weighted by Gasteiger charge is 2.48. The summed E-state index contributed by atoms with van der Waals surface area (Å²) in [6, 6.07) is 33.7. The number of ketones is 1. The van der Waals surface area contributed by atoms with Gasteiger partial charge in [-0.15, -0.1) is 11.8 Å². The normalized spacial score (nSPS) is 17.7. The van der Waals surface area contributed by atoms with Crippen LogP contribution in [0.5, 0.6) is 0 Å². The SMILES string of the molecule is O=C(CS(=O)(=O)c1ccc(C[C@H](CCN2CCO[C@@H](CO)C2)CSc2ccccc2)c(S(=O)(=O)C(F)(F)F)c1)c1ccc(N2CCC([C@@H](O)c3ccccc3-c3ccc(Cl)cc3)CC2)cc1. The minimum absolute atomic E-state index is 0.0110. The number of thioether (sulfide) groups is 1. The Kier molecular flexibility index (Phi) is 16.4. The largest absolute Gasteiger partial charge is 0.501 e. The number of morpholine rings is 1. The van der Waals surface area contributed by atoms with Gasteiger partial charge >= 0.3 is 5.51 Å². The Morgan fingerprint density at radius 3 is 2.23 bits per heavy atom. The van der Waals surface area contributed by atoms with E-state index in [1.807, 2.05) is 78.9 Å². The number of alkyl halides is 3. The van der Waals surface area contributed by atoms with Crippen molar-refractivity contribution in [2.45, 2.75) is 58.1 Å². The fourth-order valence-electron chi connectivity index (χ4n) is 8.59. The third-order valence-corrected chi connectivity index (χ3v) is 17.0. The van der Waals surface area contributed by atoms with Crippen LogP contribution < -0.4 is 4.90 Å². The molecule has 2 saturated heterocycles. The number of rotatable bonds is 18. The molecule has 66 heavy (non-hydrogen) atoms. The average molecular weight is 986 g/mol. The monoisotopic (exact) mass is 984 g/mol. The number of hydrogen-bond acceptors (Lipinski definition) is 11. The molecule has 5 aromatic rings. The van der Waals surface area contributed by atoms with E-state index in [0.29, 0.717) is 75.4 Å². The third kappa shape index (κ3) is 12.2. The number of ether oxygens (including phenoxy) is 1. The first-order valence-electron chi connectivity index (χ1n) is 21.7. The van der Waals surface area contributed by atoms with Crippen LogP contribution in [0.15, 0.2) is 136 Å². The molecule has 0 spiro atoms. The fraction of sp³-hybridized carbons (Fsp3) is 0.367. The summed E-state index contributed by atoms with van der Waals surface area (Å²) < 4.78 is 102. The van der Waals surface area contributed by atoms with Gasteiger partial charge in [-0.05, 0) is 127 Å². The van der Waals surface area contributed by atoms with Crippen molar-refractivity contribution in [1.29, 1.82) is 0 Å². The number of carbonyl (C=O) groups is 1. The van der Waals surface area contributed by atoms with E-state index in [1.54, 1.807) is 12.1 Å². The highest BCUT2D eigenvalue weighted by Crippen LogP contribution is 2.39. The first-order chi connectivity index (χ1) is 31.5. The van der Waals surface area contributed by atoms with Crippen LogP contribution in [0.2, 0.25) is 5.02 Å². The number of sulfone groups is 2. The van der Waals surface area contributed by atoms with Crippen molar-refractivity contribution >= 4 is 54.5 Å². The van der Waals surface area contributed by atoms with E-state index >= 15 is 0 Å². The van der Waals surface area contributed by atoms with Crippen molar-refractivity contribution in [3.8, 4) is 11.1 Å². The zero-order chi connectivity index (χ0) is 47.1. The summed E-state index contributed by atoms with van der Waals surface area (Å²) in [5.74, 6) is -1.82. The van der Waals surface area contributed by atoms with Gasteiger partial charge in [0.1, 0.15) is 5.75 Å². The number of piperidine rings is 1. The Morgan fingerprint density at radius 2 is 1.55 bits per heavy atom. The van der Waals surface area contributed by atoms with E-state index in [-0.39, 0.29) is 42.1 Å². The molecule has 2 fully saturated rings. The molecule has 2 aliphatic rings. The van der Waals surface area contributed by atoms with Crippen LogP contribution >= 0.6 is 23.4 Å². The topological polar surface area (TPSA) is 142 Å². The molecule has 0 radical (unpaired) electrons. The number of anilines is 1. The van der Waals surface area contributed by atoms with Gasteiger partial charge in [0.05, 0.1) is 35.2 Å². The minimum atomic E-state index is -6.02. The lowest BCUT2D eigenvalue weighted by Crippen LogP contribution is -2.44. The van der Waals surface area contributed by atoms with Crippen molar-refractivity contribution in [3.05, 3.63) is 143 Å². The van der Waals surface area contributed by atoms with E-state index in [1.165, 1.54) is 23.9 Å². The van der Waals surface area contributed by atoms with E-state index in [4.69, 9.17) is 16.3 Å². The van der Waals surface area contributed by atoms with E-state index < -0.39 is 52.6 Å². The minimum Gasteiger partial charge on any atom is -0.394 e. The number of halogens is 4. The summed E-state index contributed by atoms with van der Waals surface area (Å²) in [6.07, 6.45) is 0.684. The molecule has 0 saturated carbocycles. The Balaban J connectivity index is 1.03. The molecule has 3 atom stereocenters. The predicted molar refractivity (Wildman–Crippen MR) is 252 cm³/mol. The Labute approximate surface area is 393 Å². The van der Waals surface area contributed by atoms with Gasteiger partial charge in [-0.2, -0.15) is 13.2 Å². The summed E-state index contributed by atoms with van der Waals surface area (Å²) in [7, 11) is -10.6. The lowest BCUT2D eigenvalue weighted by atomic mass is 9.84. The van der Waals surface area contributed by atoms with E-state index in [9.17, 15) is 45.0 Å². The van der Waals surface area contributed by atoms with Gasteiger partial charge in [0, 0.05) is 53.1 Å². The first-order valence-corrected chi connectivity index (χ1v) is 26.2. The van der Waals surface area contributed by atoms with Gasteiger partial charge in [-0.25, -0.2) is 16.8 Å². The fourth-order valence-corrected chi connectivity index (χ4v) is 12.1. The van der Waals surface area contributed by atoms with Gasteiger partial charge in [0.25, 0.3) is 9.84 Å². The number of Topliss-reactive ketones (excluding diaryl/α,β-unsaturated/α-hetero) is 1. The number of aliphatic hydroxyl groups excluding tert-OH is 2. The van der Waals surface area contributed by atoms with Crippen molar-refractivity contribution in [2.24, 2.45) is 11.8 Å². The molecule has 352 valence electrons. The Bertz CT molecular complexity index is 2650. The third-order valence-electron chi connectivity index (χ3n) is 12.3. The van der Waals surface area contributed by atoms with Crippen molar-refractivity contribution in [2.75, 3.05) is 62.3 Å². The van der Waals surface area contributed by atoms with Crippen LogP contribution in [0.1, 0.15) is 46.9 Å². The average Bonchev–Trinajstić information content (AvgIpc) is 3.32. The molecule has 5 aromatic carbocycles. The van der Waals surface area contributed by atoms with Gasteiger partial charge in [-0.1, -0.05) is 72.3 Å². The Morgan fingerprint density at radius 1 is 0.864 bits per heavy atom. The van der Waals surface area contributed by atoms with Crippen molar-refractivity contribution in [1.82, 2.24) is 4.90 Å². The van der Waals surface area contributed by atoms with E-state index in [2.05, 4.69) is 9.80 Å². The summed E-state index contributed by atoms with van der Waals surface area (Å²) in [5, 5.41) is 21.8. The molecule has 0 unspecified atom stereocenters. The molecule has 2 aliphatic heterocycles. The molecular formula is C49H52ClF3N2O8S3. The van der Waals surface area contributed by atoms with Crippen LogP contribution in [0, 0.1) is 11.8 Å². The van der Waals surface area contributed by atoms with Gasteiger partial charge < -0.3 is 19.8 Å². The molecule has 2 N–H and O–H groups in total. The molecule has 17 heteroatoms.